The van der Waals surface area contributed by atoms with E-state index in [2.05, 4.69) is 60.0 Å². The van der Waals surface area contributed by atoms with Crippen molar-refractivity contribution in [3.63, 3.8) is 0 Å². The maximum atomic E-state index is 9.44. The Labute approximate surface area is 175 Å². The van der Waals surface area contributed by atoms with Crippen LogP contribution >= 0.6 is 31.9 Å². The molecule has 2 aromatic rings. The van der Waals surface area contributed by atoms with Gasteiger partial charge in [-0.15, -0.1) is 0 Å². The van der Waals surface area contributed by atoms with E-state index in [1.807, 2.05) is 25.1 Å². The highest BCUT2D eigenvalue weighted by molar-refractivity contribution is 9.11. The van der Waals surface area contributed by atoms with Crippen molar-refractivity contribution < 1.29 is 9.47 Å². The number of methoxy groups -OCH3 is 1. The van der Waals surface area contributed by atoms with E-state index >= 15 is 0 Å². The number of nitriles is 1. The minimum absolute atomic E-state index is 0.330. The lowest BCUT2D eigenvalue weighted by molar-refractivity contribution is 0.184. The van der Waals surface area contributed by atoms with E-state index < -0.39 is 0 Å². The number of ether oxygens (including phenoxy) is 2. The Morgan fingerprint density at radius 1 is 1.33 bits per heavy atom. The van der Waals surface area contributed by atoms with Gasteiger partial charge in [-0.25, -0.2) is 4.98 Å². The van der Waals surface area contributed by atoms with Crippen molar-refractivity contribution in [2.45, 2.75) is 13.5 Å². The molecule has 0 aliphatic carbocycles. The molecule has 0 saturated carbocycles. The summed E-state index contributed by atoms with van der Waals surface area (Å²) in [6.07, 6.45) is 3.31. The first kappa shape index (κ1) is 21.1. The van der Waals surface area contributed by atoms with Crippen molar-refractivity contribution in [1.82, 2.24) is 4.98 Å². The molecule has 0 atom stereocenters. The van der Waals surface area contributed by atoms with Crippen LogP contribution in [-0.2, 0) is 11.3 Å². The maximum Gasteiger partial charge on any atom is 0.164 e. The molecule has 8 heteroatoms. The zero-order valence-corrected chi connectivity index (χ0v) is 18.1. The molecule has 0 bridgehead atoms. The molecule has 1 N–H and O–H groups in total. The molecule has 0 spiro atoms. The lowest BCUT2D eigenvalue weighted by Gasteiger charge is -2.10. The van der Waals surface area contributed by atoms with Gasteiger partial charge in [0.1, 0.15) is 24.0 Å². The van der Waals surface area contributed by atoms with Gasteiger partial charge >= 0.3 is 0 Å². The first-order valence-corrected chi connectivity index (χ1v) is 9.50. The highest BCUT2D eigenvalue weighted by Gasteiger charge is 2.11. The summed E-state index contributed by atoms with van der Waals surface area (Å²) < 4.78 is 12.3. The Hall–Kier alpha value is -2.21. The normalized spacial score (nSPS) is 10.6. The van der Waals surface area contributed by atoms with Gasteiger partial charge in [0.25, 0.3) is 0 Å². The minimum atomic E-state index is 0.330. The summed E-state index contributed by atoms with van der Waals surface area (Å²) in [6, 6.07) is 7.73. The van der Waals surface area contributed by atoms with E-state index in [4.69, 9.17) is 9.47 Å². The van der Waals surface area contributed by atoms with Gasteiger partial charge in [0.2, 0.25) is 0 Å². The number of benzene rings is 1. The molecule has 2 rings (SSSR count). The highest BCUT2D eigenvalue weighted by Crippen LogP contribution is 2.34. The lowest BCUT2D eigenvalue weighted by Crippen LogP contribution is -2.03. The largest absolute Gasteiger partial charge is 0.487 e. The Kier molecular flexibility index (Phi) is 7.98. The Balaban J connectivity index is 2.23. The van der Waals surface area contributed by atoms with Gasteiger partial charge in [-0.2, -0.15) is 10.4 Å². The molecule has 140 valence electrons. The van der Waals surface area contributed by atoms with E-state index in [9.17, 15) is 5.26 Å². The third kappa shape index (κ3) is 5.63. The summed E-state index contributed by atoms with van der Waals surface area (Å²) >= 11 is 6.97. The average molecular weight is 494 g/mol. The molecule has 1 aromatic carbocycles. The van der Waals surface area contributed by atoms with Gasteiger partial charge in [0, 0.05) is 18.4 Å². The van der Waals surface area contributed by atoms with Crippen LogP contribution in [0.15, 0.2) is 44.9 Å². The fourth-order valence-corrected chi connectivity index (χ4v) is 3.77. The molecule has 0 unspecified atom stereocenters. The molecular formula is C19H18Br2N4O2. The number of aryl methyl sites for hydroxylation is 1. The minimum Gasteiger partial charge on any atom is -0.487 e. The number of hydrazone groups is 1. The molecule has 27 heavy (non-hydrogen) atoms. The summed E-state index contributed by atoms with van der Waals surface area (Å²) in [5, 5.41) is 13.6. The summed E-state index contributed by atoms with van der Waals surface area (Å²) in [5.41, 5.74) is 5.62. The number of rotatable bonds is 8. The van der Waals surface area contributed by atoms with E-state index in [1.54, 1.807) is 19.4 Å². The molecule has 0 aliphatic heterocycles. The van der Waals surface area contributed by atoms with E-state index in [0.29, 0.717) is 30.3 Å². The van der Waals surface area contributed by atoms with Gasteiger partial charge < -0.3 is 9.47 Å². The predicted octanol–water partition coefficient (Wildman–Crippen LogP) is 4.94. The van der Waals surface area contributed by atoms with Crippen molar-refractivity contribution >= 4 is 43.9 Å². The number of pyridine rings is 1. The van der Waals surface area contributed by atoms with Crippen LogP contribution in [0.3, 0.4) is 0 Å². The highest BCUT2D eigenvalue weighted by atomic mass is 79.9. The van der Waals surface area contributed by atoms with Crippen molar-refractivity contribution in [1.29, 1.82) is 5.26 Å². The maximum absolute atomic E-state index is 9.44. The van der Waals surface area contributed by atoms with Gasteiger partial charge in [0.05, 0.1) is 21.8 Å². The number of halogens is 2. The van der Waals surface area contributed by atoms with Crippen molar-refractivity contribution in [3.05, 3.63) is 62.2 Å². The number of hydrogen-bond acceptors (Lipinski definition) is 6. The van der Waals surface area contributed by atoms with Gasteiger partial charge in [-0.1, -0.05) is 12.7 Å². The predicted molar refractivity (Wildman–Crippen MR) is 113 cm³/mol. The summed E-state index contributed by atoms with van der Waals surface area (Å²) in [5.74, 6) is 1.08. The Morgan fingerprint density at radius 3 is 2.63 bits per heavy atom. The number of hydrogen-bond donors (Lipinski definition) is 1. The van der Waals surface area contributed by atoms with Gasteiger partial charge in [-0.05, 0) is 62.5 Å². The molecule has 0 fully saturated rings. The standard InChI is InChI=1S/C19H18Br2N4O2/c1-4-5-27-18-16(20)7-13(8-17(18)21)10-23-25-19-15(9-22)14(11-26-3)6-12(2)24-19/h4,6-8,10H,1,5,11H2,2-3H3,(H,24,25)/b23-10+. The van der Waals surface area contributed by atoms with E-state index in [0.717, 1.165) is 25.8 Å². The molecule has 6 nitrogen and oxygen atoms in total. The van der Waals surface area contributed by atoms with Crippen molar-refractivity contribution in [3.8, 4) is 11.8 Å². The Morgan fingerprint density at radius 2 is 2.04 bits per heavy atom. The van der Waals surface area contributed by atoms with Crippen LogP contribution in [0.2, 0.25) is 0 Å². The van der Waals surface area contributed by atoms with Crippen LogP contribution in [0.4, 0.5) is 5.82 Å². The average Bonchev–Trinajstić information content (AvgIpc) is 2.61. The Bertz CT molecular complexity index is 884. The molecule has 0 amide bonds. The summed E-state index contributed by atoms with van der Waals surface area (Å²) in [4.78, 5) is 4.35. The van der Waals surface area contributed by atoms with Crippen molar-refractivity contribution in [2.24, 2.45) is 5.10 Å². The van der Waals surface area contributed by atoms with Crippen LogP contribution in [0.25, 0.3) is 0 Å². The quantitative estimate of drug-likeness (QED) is 0.320. The smallest absolute Gasteiger partial charge is 0.164 e. The zero-order chi connectivity index (χ0) is 19.8. The van der Waals surface area contributed by atoms with E-state index in [1.165, 1.54) is 0 Å². The fraction of sp³-hybridized carbons (Fsp3) is 0.211. The zero-order valence-electron chi connectivity index (χ0n) is 14.9. The second-order valence-corrected chi connectivity index (χ2v) is 7.18. The van der Waals surface area contributed by atoms with Crippen LogP contribution in [0.5, 0.6) is 5.75 Å². The molecule has 0 aliphatic rings. The second kappa shape index (κ2) is 10.2. The third-order valence-electron chi connectivity index (χ3n) is 3.39. The molecule has 0 radical (unpaired) electrons. The lowest BCUT2D eigenvalue weighted by atomic mass is 10.1. The number of nitrogens with zero attached hydrogens (tertiary/aromatic N) is 3. The van der Waals surface area contributed by atoms with Gasteiger partial charge in [-0.3, -0.25) is 5.43 Å². The van der Waals surface area contributed by atoms with Gasteiger partial charge in [0.15, 0.2) is 5.82 Å². The first-order valence-electron chi connectivity index (χ1n) is 7.91. The number of nitrogens with one attached hydrogen (secondary N) is 1. The SMILES string of the molecule is C=CCOc1c(Br)cc(/C=N/Nc2nc(C)cc(COC)c2C#N)cc1Br. The van der Waals surface area contributed by atoms with Crippen LogP contribution in [0, 0.1) is 18.3 Å². The first-order chi connectivity index (χ1) is 13.0. The van der Waals surface area contributed by atoms with Crippen LogP contribution in [0.1, 0.15) is 22.4 Å². The molecule has 1 heterocycles. The fourth-order valence-electron chi connectivity index (χ4n) is 2.32. The molecular weight excluding hydrogens is 476 g/mol. The third-order valence-corrected chi connectivity index (χ3v) is 4.57. The second-order valence-electron chi connectivity index (χ2n) is 5.47. The molecule has 0 saturated heterocycles. The molecule has 1 aromatic heterocycles. The topological polar surface area (TPSA) is 79.5 Å². The van der Waals surface area contributed by atoms with Crippen LogP contribution < -0.4 is 10.2 Å². The monoisotopic (exact) mass is 492 g/mol. The summed E-state index contributed by atoms with van der Waals surface area (Å²) in [6.45, 7) is 6.23. The number of aromatic nitrogens is 1. The van der Waals surface area contributed by atoms with E-state index in [-0.39, 0.29) is 0 Å². The van der Waals surface area contributed by atoms with Crippen LogP contribution in [-0.4, -0.2) is 24.9 Å². The summed E-state index contributed by atoms with van der Waals surface area (Å²) in [7, 11) is 1.58. The van der Waals surface area contributed by atoms with Crippen molar-refractivity contribution in [2.75, 3.05) is 19.1 Å². The number of anilines is 1.